The molecule has 0 fully saturated rings. The van der Waals surface area contributed by atoms with E-state index < -0.39 is 6.10 Å². The molecule has 3 N–H and O–H groups in total. The van der Waals surface area contributed by atoms with Gasteiger partial charge in [0.05, 0.1) is 0 Å². The number of aliphatic hydroxyl groups excluding tert-OH is 1. The summed E-state index contributed by atoms with van der Waals surface area (Å²) in [5.41, 5.74) is 2.01. The van der Waals surface area contributed by atoms with Crippen LogP contribution in [0.25, 0.3) is 0 Å². The molecule has 4 nitrogen and oxygen atoms in total. The van der Waals surface area contributed by atoms with Crippen molar-refractivity contribution in [1.29, 1.82) is 0 Å². The molecule has 0 aliphatic rings. The maximum atomic E-state index is 10.3. The second-order valence-corrected chi connectivity index (χ2v) is 7.17. The van der Waals surface area contributed by atoms with Crippen molar-refractivity contribution in [2.24, 2.45) is 0 Å². The highest BCUT2D eigenvalue weighted by Crippen LogP contribution is 2.19. The molecule has 1 atom stereocenters. The maximum absolute atomic E-state index is 10.3. The van der Waals surface area contributed by atoms with Crippen LogP contribution in [0, 0.1) is 0 Å². The number of rotatable bonds is 10. The number of phenols is 1. The Morgan fingerprint density at radius 3 is 2.54 bits per heavy atom. The Balaban J connectivity index is 1.81. The molecule has 2 aromatic carbocycles. The van der Waals surface area contributed by atoms with Crippen molar-refractivity contribution in [3.8, 4) is 11.5 Å². The van der Waals surface area contributed by atoms with Crippen LogP contribution in [-0.2, 0) is 12.8 Å². The van der Waals surface area contributed by atoms with Crippen LogP contribution in [0.4, 0.5) is 0 Å². The Kier molecular flexibility index (Phi) is 7.25. The summed E-state index contributed by atoms with van der Waals surface area (Å²) in [4.78, 5) is 0. The molecule has 0 saturated heterocycles. The fraction of sp³-hybridized carbons (Fsp3) is 0.364. The molecule has 0 bridgehead atoms. The predicted octanol–water partition coefficient (Wildman–Crippen LogP) is 3.47. The highest BCUT2D eigenvalue weighted by atomic mass is 16.5. The second-order valence-electron chi connectivity index (χ2n) is 7.17. The molecule has 2 aromatic rings. The molecule has 140 valence electrons. The summed E-state index contributed by atoms with van der Waals surface area (Å²) >= 11 is 0. The van der Waals surface area contributed by atoms with Crippen molar-refractivity contribution < 1.29 is 14.9 Å². The van der Waals surface area contributed by atoms with Crippen LogP contribution in [0.3, 0.4) is 0 Å². The fourth-order valence-corrected chi connectivity index (χ4v) is 2.79. The molecular formula is C22H29NO3. The molecule has 0 aliphatic carbocycles. The molecule has 0 heterocycles. The molecular weight excluding hydrogens is 326 g/mol. The zero-order valence-electron chi connectivity index (χ0n) is 15.6. The molecule has 0 aromatic heterocycles. The summed E-state index contributed by atoms with van der Waals surface area (Å²) in [5.74, 6) is 1.05. The van der Waals surface area contributed by atoms with E-state index in [1.54, 1.807) is 12.1 Å². The summed E-state index contributed by atoms with van der Waals surface area (Å²) in [5, 5.41) is 23.0. The lowest BCUT2D eigenvalue weighted by atomic mass is 9.94. The quantitative estimate of drug-likeness (QED) is 0.571. The monoisotopic (exact) mass is 355 g/mol. The third kappa shape index (κ3) is 6.54. The van der Waals surface area contributed by atoms with Gasteiger partial charge in [-0.05, 0) is 56.0 Å². The van der Waals surface area contributed by atoms with E-state index in [2.05, 4.69) is 25.7 Å². The molecule has 2 rings (SSSR count). The number of nitrogens with one attached hydrogen (secondary N) is 1. The van der Waals surface area contributed by atoms with Crippen molar-refractivity contribution in [3.05, 3.63) is 72.3 Å². The highest BCUT2D eigenvalue weighted by molar-refractivity contribution is 5.34. The molecule has 4 heteroatoms. The van der Waals surface area contributed by atoms with Gasteiger partial charge in [-0.25, -0.2) is 0 Å². The van der Waals surface area contributed by atoms with E-state index in [0.29, 0.717) is 6.54 Å². The minimum Gasteiger partial charge on any atom is -0.508 e. The summed E-state index contributed by atoms with van der Waals surface area (Å²) in [6.45, 7) is 8.61. The summed E-state index contributed by atoms with van der Waals surface area (Å²) in [7, 11) is 0. The zero-order chi connectivity index (χ0) is 19.0. The molecule has 0 aliphatic heterocycles. The first-order valence-corrected chi connectivity index (χ1v) is 8.92. The van der Waals surface area contributed by atoms with Gasteiger partial charge in [0.15, 0.2) is 0 Å². The Hall–Kier alpha value is -2.30. The third-order valence-corrected chi connectivity index (χ3v) is 4.17. The van der Waals surface area contributed by atoms with Crippen LogP contribution in [0.15, 0.2) is 61.2 Å². The van der Waals surface area contributed by atoms with Gasteiger partial charge in [-0.1, -0.05) is 36.4 Å². The van der Waals surface area contributed by atoms with Gasteiger partial charge in [0.25, 0.3) is 0 Å². The van der Waals surface area contributed by atoms with Crippen LogP contribution >= 0.6 is 0 Å². The fourth-order valence-electron chi connectivity index (χ4n) is 2.79. The van der Waals surface area contributed by atoms with Gasteiger partial charge < -0.3 is 20.3 Å². The maximum Gasteiger partial charge on any atom is 0.122 e. The van der Waals surface area contributed by atoms with Crippen LogP contribution < -0.4 is 10.1 Å². The normalized spacial score (nSPS) is 12.6. The van der Waals surface area contributed by atoms with E-state index in [-0.39, 0.29) is 17.9 Å². The minimum absolute atomic E-state index is 0.182. The van der Waals surface area contributed by atoms with Crippen LogP contribution in [-0.4, -0.2) is 35.0 Å². The SMILES string of the molecule is C=CCc1ccccc1OCC(O)CNC(C)(C)Cc1ccc(O)cc1. The predicted molar refractivity (Wildman–Crippen MR) is 106 cm³/mol. The smallest absolute Gasteiger partial charge is 0.122 e. The van der Waals surface area contributed by atoms with Gasteiger partial charge in [0, 0.05) is 12.1 Å². The van der Waals surface area contributed by atoms with Crippen LogP contribution in [0.5, 0.6) is 11.5 Å². The number of aliphatic hydroxyl groups is 1. The van der Waals surface area contributed by atoms with E-state index in [4.69, 9.17) is 4.74 Å². The summed E-state index contributed by atoms with van der Waals surface area (Å²) < 4.78 is 5.78. The Morgan fingerprint density at radius 2 is 1.85 bits per heavy atom. The van der Waals surface area contributed by atoms with Gasteiger partial charge >= 0.3 is 0 Å². The third-order valence-electron chi connectivity index (χ3n) is 4.17. The minimum atomic E-state index is -0.606. The van der Waals surface area contributed by atoms with Gasteiger partial charge in [-0.15, -0.1) is 6.58 Å². The molecule has 0 radical (unpaired) electrons. The number of aromatic hydroxyl groups is 1. The summed E-state index contributed by atoms with van der Waals surface area (Å²) in [6, 6.07) is 15.0. The van der Waals surface area contributed by atoms with Crippen molar-refractivity contribution in [3.63, 3.8) is 0 Å². The molecule has 0 spiro atoms. The molecule has 0 amide bonds. The first-order chi connectivity index (χ1) is 12.4. The van der Waals surface area contributed by atoms with Gasteiger partial charge in [-0.2, -0.15) is 0 Å². The Morgan fingerprint density at radius 1 is 1.15 bits per heavy atom. The van der Waals surface area contributed by atoms with E-state index in [1.807, 2.05) is 42.5 Å². The largest absolute Gasteiger partial charge is 0.508 e. The molecule has 1 unspecified atom stereocenters. The standard InChI is InChI=1S/C22H29NO3/c1-4-7-18-8-5-6-9-21(18)26-16-20(25)15-23-22(2,3)14-17-10-12-19(24)13-11-17/h4-6,8-13,20,23-25H,1,7,14-16H2,2-3H3. The second kappa shape index (κ2) is 9.41. The van der Waals surface area contributed by atoms with Crippen molar-refractivity contribution >= 4 is 0 Å². The van der Waals surface area contributed by atoms with Crippen LogP contribution in [0.1, 0.15) is 25.0 Å². The number of β-amino-alcohol motifs (C(OH)–C–C–N with tert-alkyl or cyclic N) is 1. The average molecular weight is 355 g/mol. The lowest BCUT2D eigenvalue weighted by Gasteiger charge is -2.28. The average Bonchev–Trinajstić information content (AvgIpc) is 2.61. The first kappa shape index (κ1) is 20.0. The molecule has 0 saturated carbocycles. The van der Waals surface area contributed by atoms with Gasteiger partial charge in [-0.3, -0.25) is 0 Å². The summed E-state index contributed by atoms with van der Waals surface area (Å²) in [6.07, 6.45) is 2.77. The first-order valence-electron chi connectivity index (χ1n) is 8.92. The van der Waals surface area contributed by atoms with Gasteiger partial charge in [0.2, 0.25) is 0 Å². The highest BCUT2D eigenvalue weighted by Gasteiger charge is 2.19. The topological polar surface area (TPSA) is 61.7 Å². The number of allylic oxidation sites excluding steroid dienone is 1. The van der Waals surface area contributed by atoms with E-state index in [9.17, 15) is 10.2 Å². The number of benzene rings is 2. The lowest BCUT2D eigenvalue weighted by molar-refractivity contribution is 0.0984. The number of hydrogen-bond donors (Lipinski definition) is 3. The Bertz CT molecular complexity index is 695. The lowest BCUT2D eigenvalue weighted by Crippen LogP contribution is -2.46. The number of para-hydroxylation sites is 1. The zero-order valence-corrected chi connectivity index (χ0v) is 15.6. The van der Waals surface area contributed by atoms with Gasteiger partial charge in [0.1, 0.15) is 24.2 Å². The number of ether oxygens (including phenoxy) is 1. The van der Waals surface area contributed by atoms with Crippen molar-refractivity contribution in [2.45, 2.75) is 38.3 Å². The Labute approximate surface area is 156 Å². The molecule has 26 heavy (non-hydrogen) atoms. The number of hydrogen-bond acceptors (Lipinski definition) is 4. The number of phenolic OH excluding ortho intramolecular Hbond substituents is 1. The van der Waals surface area contributed by atoms with E-state index >= 15 is 0 Å². The van der Waals surface area contributed by atoms with Crippen molar-refractivity contribution in [2.75, 3.05) is 13.2 Å². The van der Waals surface area contributed by atoms with E-state index in [1.165, 1.54) is 0 Å². The van der Waals surface area contributed by atoms with Crippen molar-refractivity contribution in [1.82, 2.24) is 5.32 Å². The van der Waals surface area contributed by atoms with E-state index in [0.717, 1.165) is 29.7 Å². The van der Waals surface area contributed by atoms with Crippen LogP contribution in [0.2, 0.25) is 0 Å².